The van der Waals surface area contributed by atoms with Crippen molar-refractivity contribution in [3.05, 3.63) is 77.4 Å². The molecule has 2 aromatic rings. The van der Waals surface area contributed by atoms with Crippen molar-refractivity contribution in [1.29, 1.82) is 0 Å². The predicted molar refractivity (Wildman–Crippen MR) is 130 cm³/mol. The zero-order valence-electron chi connectivity index (χ0n) is 20.3. The fourth-order valence-electron chi connectivity index (χ4n) is 4.61. The van der Waals surface area contributed by atoms with Gasteiger partial charge in [-0.3, -0.25) is 14.5 Å². The van der Waals surface area contributed by atoms with Crippen molar-refractivity contribution in [2.24, 2.45) is 0 Å². The van der Waals surface area contributed by atoms with Crippen LogP contribution in [0.5, 0.6) is 0 Å². The highest BCUT2D eigenvalue weighted by atomic mass is 19.4. The molecule has 38 heavy (non-hydrogen) atoms. The van der Waals surface area contributed by atoms with Gasteiger partial charge < -0.3 is 19.7 Å². The van der Waals surface area contributed by atoms with Gasteiger partial charge in [0.2, 0.25) is 11.8 Å². The molecular formula is C27H26F3N3O5. The lowest BCUT2D eigenvalue weighted by Crippen LogP contribution is -2.74. The van der Waals surface area contributed by atoms with Crippen molar-refractivity contribution in [3.8, 4) is 0 Å². The molecule has 0 bridgehead atoms. The number of likely N-dealkylation sites (tertiary alicyclic amines) is 1. The van der Waals surface area contributed by atoms with Gasteiger partial charge in [-0.1, -0.05) is 54.6 Å². The van der Waals surface area contributed by atoms with E-state index in [4.69, 9.17) is 4.74 Å². The molecule has 0 aromatic heterocycles. The summed E-state index contributed by atoms with van der Waals surface area (Å²) in [7, 11) is 0. The lowest BCUT2D eigenvalue weighted by Gasteiger charge is -2.51. The monoisotopic (exact) mass is 529 g/mol. The Hall–Kier alpha value is -4.15. The minimum Gasteiger partial charge on any atom is -0.448 e. The van der Waals surface area contributed by atoms with E-state index in [9.17, 15) is 32.3 Å². The summed E-state index contributed by atoms with van der Waals surface area (Å²) in [5, 5.41) is 2.60. The molecule has 0 aliphatic carbocycles. The van der Waals surface area contributed by atoms with Crippen LogP contribution in [0.15, 0.2) is 60.7 Å². The van der Waals surface area contributed by atoms with Crippen molar-refractivity contribution in [3.63, 3.8) is 0 Å². The molecule has 0 radical (unpaired) electrons. The van der Waals surface area contributed by atoms with E-state index in [1.165, 1.54) is 21.9 Å². The van der Waals surface area contributed by atoms with Gasteiger partial charge >= 0.3 is 12.3 Å². The number of halogens is 3. The highest BCUT2D eigenvalue weighted by molar-refractivity contribution is 5.98. The number of cyclic esters (lactones) is 1. The predicted octanol–water partition coefficient (Wildman–Crippen LogP) is 3.41. The molecule has 2 fully saturated rings. The quantitative estimate of drug-likeness (QED) is 0.376. The normalized spacial score (nSPS) is 20.3. The molecule has 11 heteroatoms. The van der Waals surface area contributed by atoms with Crippen LogP contribution in [0.3, 0.4) is 0 Å². The highest BCUT2D eigenvalue weighted by Gasteiger charge is 2.55. The largest absolute Gasteiger partial charge is 0.448 e. The van der Waals surface area contributed by atoms with Crippen LogP contribution in [0.1, 0.15) is 29.5 Å². The highest BCUT2D eigenvalue weighted by Crippen LogP contribution is 2.33. The summed E-state index contributed by atoms with van der Waals surface area (Å²) in [5.41, 5.74) is 0.231. The molecule has 0 saturated carbocycles. The Morgan fingerprint density at radius 3 is 2.55 bits per heavy atom. The van der Waals surface area contributed by atoms with Gasteiger partial charge in [0.05, 0.1) is 18.2 Å². The third-order valence-electron chi connectivity index (χ3n) is 6.48. The summed E-state index contributed by atoms with van der Waals surface area (Å²) < 4.78 is 44.2. The lowest BCUT2D eigenvalue weighted by atomic mass is 9.88. The molecule has 2 aromatic carbocycles. The number of ether oxygens (including phenoxy) is 1. The lowest BCUT2D eigenvalue weighted by molar-refractivity contribution is -0.162. The number of aldehydes is 1. The minimum absolute atomic E-state index is 0.0104. The summed E-state index contributed by atoms with van der Waals surface area (Å²) in [5.74, 6) is -1.09. The molecule has 3 atom stereocenters. The van der Waals surface area contributed by atoms with Gasteiger partial charge in [-0.15, -0.1) is 0 Å². The van der Waals surface area contributed by atoms with Crippen molar-refractivity contribution < 1.29 is 37.1 Å². The number of amides is 3. The van der Waals surface area contributed by atoms with E-state index in [2.05, 4.69) is 5.32 Å². The summed E-state index contributed by atoms with van der Waals surface area (Å²) in [6.45, 7) is 0.165. The standard InChI is InChI=1S/C27H26F3N3O5/c28-27(29,30)20-9-4-8-19(16-20)17-31-24(35)22(10-5-14-34)33-21(12-11-18-6-2-1-3-7-18)23(25(33)36)32-13-15-38-26(32)37/h1-4,6-9,11-12,14,16,21-23H,5,10,13,15,17H2,(H,31,35)/b12-11+/t21?,22-,23?/m1/s1. The van der Waals surface area contributed by atoms with Crippen LogP contribution in [-0.2, 0) is 31.8 Å². The molecule has 8 nitrogen and oxygen atoms in total. The van der Waals surface area contributed by atoms with Gasteiger partial charge in [-0.25, -0.2) is 4.79 Å². The van der Waals surface area contributed by atoms with Crippen molar-refractivity contribution >= 4 is 30.3 Å². The molecule has 2 aliphatic heterocycles. The number of carbonyl (C=O) groups excluding carboxylic acids is 4. The number of hydrogen-bond donors (Lipinski definition) is 1. The van der Waals surface area contributed by atoms with Crippen LogP contribution in [0, 0.1) is 0 Å². The van der Waals surface area contributed by atoms with Crippen LogP contribution in [-0.4, -0.2) is 65.3 Å². The number of nitrogens with zero attached hydrogens (tertiary/aromatic N) is 2. The van der Waals surface area contributed by atoms with Crippen molar-refractivity contribution in [1.82, 2.24) is 15.1 Å². The van der Waals surface area contributed by atoms with E-state index in [-0.39, 0.29) is 38.1 Å². The molecule has 1 N–H and O–H groups in total. The van der Waals surface area contributed by atoms with Crippen molar-refractivity contribution in [2.75, 3.05) is 13.2 Å². The second-order valence-electron chi connectivity index (χ2n) is 8.93. The number of carbonyl (C=O) groups is 4. The molecule has 3 amide bonds. The van der Waals surface area contributed by atoms with Crippen LogP contribution in [0.25, 0.3) is 6.08 Å². The number of rotatable bonds is 10. The molecule has 2 heterocycles. The Balaban J connectivity index is 1.56. The number of benzene rings is 2. The number of β-lactam (4-membered cyclic amide) rings is 1. The first-order chi connectivity index (χ1) is 18.2. The van der Waals surface area contributed by atoms with Crippen LogP contribution in [0.4, 0.5) is 18.0 Å². The Bertz CT molecular complexity index is 1220. The maximum Gasteiger partial charge on any atom is 0.416 e. The summed E-state index contributed by atoms with van der Waals surface area (Å²) in [4.78, 5) is 52.5. The molecule has 2 aliphatic rings. The average molecular weight is 530 g/mol. The number of alkyl halides is 3. The summed E-state index contributed by atoms with van der Waals surface area (Å²) in [6.07, 6.45) is -1.04. The van der Waals surface area contributed by atoms with E-state index < -0.39 is 47.8 Å². The molecule has 4 rings (SSSR count). The maximum absolute atomic E-state index is 13.3. The van der Waals surface area contributed by atoms with Crippen LogP contribution >= 0.6 is 0 Å². The van der Waals surface area contributed by atoms with Crippen LogP contribution in [0.2, 0.25) is 0 Å². The van der Waals surface area contributed by atoms with Gasteiger partial charge in [-0.2, -0.15) is 13.2 Å². The molecule has 2 unspecified atom stereocenters. The van der Waals surface area contributed by atoms with Gasteiger partial charge in [0, 0.05) is 13.0 Å². The van der Waals surface area contributed by atoms with Gasteiger partial charge in [-0.05, 0) is 29.7 Å². The van der Waals surface area contributed by atoms with E-state index in [1.54, 1.807) is 12.2 Å². The first-order valence-electron chi connectivity index (χ1n) is 12.1. The first kappa shape index (κ1) is 26.9. The topological polar surface area (TPSA) is 96.0 Å². The fourth-order valence-corrected chi connectivity index (χ4v) is 4.61. The van der Waals surface area contributed by atoms with E-state index >= 15 is 0 Å². The molecule has 0 spiro atoms. The van der Waals surface area contributed by atoms with Gasteiger partial charge in [0.15, 0.2) is 0 Å². The number of nitrogens with one attached hydrogen (secondary N) is 1. The zero-order chi connectivity index (χ0) is 27.3. The second kappa shape index (κ2) is 11.5. The van der Waals surface area contributed by atoms with E-state index in [0.29, 0.717) is 6.29 Å². The summed E-state index contributed by atoms with van der Waals surface area (Å²) in [6, 6.07) is 11.2. The smallest absolute Gasteiger partial charge is 0.416 e. The fraction of sp³-hybridized carbons (Fsp3) is 0.333. The van der Waals surface area contributed by atoms with Crippen LogP contribution < -0.4 is 5.32 Å². The van der Waals surface area contributed by atoms with E-state index in [1.807, 2.05) is 30.3 Å². The number of hydrogen-bond acceptors (Lipinski definition) is 5. The average Bonchev–Trinajstić information content (AvgIpc) is 3.32. The third-order valence-corrected chi connectivity index (χ3v) is 6.48. The van der Waals surface area contributed by atoms with Gasteiger partial charge in [0.1, 0.15) is 25.0 Å². The third kappa shape index (κ3) is 5.87. The Morgan fingerprint density at radius 2 is 1.89 bits per heavy atom. The van der Waals surface area contributed by atoms with Crippen molar-refractivity contribution in [2.45, 2.75) is 43.7 Å². The Morgan fingerprint density at radius 1 is 1.13 bits per heavy atom. The second-order valence-corrected chi connectivity index (χ2v) is 8.93. The minimum atomic E-state index is -4.53. The first-order valence-corrected chi connectivity index (χ1v) is 12.1. The maximum atomic E-state index is 13.3. The summed E-state index contributed by atoms with van der Waals surface area (Å²) >= 11 is 0. The SMILES string of the molecule is O=CCC[C@H](C(=O)NCc1cccc(C(F)(F)F)c1)N1C(=O)C(N2CCOC2=O)C1/C=C/c1ccccc1. The molecular weight excluding hydrogens is 503 g/mol. The Kier molecular flexibility index (Phi) is 8.13. The van der Waals surface area contributed by atoms with Gasteiger partial charge in [0.25, 0.3) is 0 Å². The molecule has 200 valence electrons. The van der Waals surface area contributed by atoms with E-state index in [0.717, 1.165) is 17.7 Å². The Labute approximate surface area is 217 Å². The molecule has 2 saturated heterocycles. The zero-order valence-corrected chi connectivity index (χ0v) is 20.3.